The number of para-hydroxylation sites is 2. The van der Waals surface area contributed by atoms with E-state index in [-0.39, 0.29) is 11.5 Å². The molecule has 7 nitrogen and oxygen atoms in total. The lowest BCUT2D eigenvalue weighted by molar-refractivity contribution is -0.127. The molecule has 0 N–H and O–H groups in total. The summed E-state index contributed by atoms with van der Waals surface area (Å²) in [6.45, 7) is 6.86. The van der Waals surface area contributed by atoms with Crippen molar-refractivity contribution < 1.29 is 9.53 Å². The third-order valence-corrected chi connectivity index (χ3v) is 10.2. The molecule has 0 aliphatic carbocycles. The predicted molar refractivity (Wildman–Crippen MR) is 201 cm³/mol. The van der Waals surface area contributed by atoms with Crippen LogP contribution in [-0.4, -0.2) is 40.1 Å². The molecule has 3 heterocycles. The topological polar surface area (TPSA) is 68.8 Å². The molecular weight excluding hydrogens is 641 g/mol. The number of ether oxygens (including phenoxy) is 1. The maximum atomic E-state index is 14.8. The number of likely N-dealkylation sites (N-methyl/N-ethyl adjacent to an activating group) is 1. The van der Waals surface area contributed by atoms with Crippen LogP contribution in [0.25, 0.3) is 34.3 Å². The van der Waals surface area contributed by atoms with E-state index in [0.29, 0.717) is 39.4 Å². The summed E-state index contributed by atoms with van der Waals surface area (Å²) < 4.78 is 10.3. The molecule has 0 saturated heterocycles. The Morgan fingerprint density at radius 3 is 2.10 bits per heavy atom. The Morgan fingerprint density at radius 1 is 0.860 bits per heavy atom. The lowest BCUT2D eigenvalue weighted by Crippen LogP contribution is -2.43. The summed E-state index contributed by atoms with van der Waals surface area (Å²) in [6, 6.07) is 39.9. The summed E-state index contributed by atoms with van der Waals surface area (Å²) in [5.41, 5.74) is 7.55. The van der Waals surface area contributed by atoms with E-state index in [0.717, 1.165) is 39.3 Å². The summed E-state index contributed by atoms with van der Waals surface area (Å²) in [6.07, 6.45) is 1.97. The predicted octanol–water partition coefficient (Wildman–Crippen LogP) is 7.24. The number of rotatable bonds is 9. The first-order chi connectivity index (χ1) is 24.4. The summed E-state index contributed by atoms with van der Waals surface area (Å²) in [7, 11) is 1.61. The number of hydrogen-bond acceptors (Lipinski definition) is 5. The lowest BCUT2D eigenvalue weighted by atomic mass is 9.94. The Labute approximate surface area is 295 Å². The molecular formula is C42H38N4O3S. The average Bonchev–Trinajstić information content (AvgIpc) is 3.69. The first-order valence-corrected chi connectivity index (χ1v) is 17.6. The van der Waals surface area contributed by atoms with Crippen molar-refractivity contribution in [3.63, 3.8) is 0 Å². The molecule has 6 aromatic rings. The van der Waals surface area contributed by atoms with Gasteiger partial charge in [0.25, 0.3) is 11.5 Å². The van der Waals surface area contributed by atoms with Crippen molar-refractivity contribution in [2.24, 2.45) is 4.99 Å². The van der Waals surface area contributed by atoms with Crippen molar-refractivity contribution >= 4 is 23.3 Å². The van der Waals surface area contributed by atoms with Gasteiger partial charge in [-0.05, 0) is 62.2 Å². The van der Waals surface area contributed by atoms with Crippen LogP contribution in [0.2, 0.25) is 0 Å². The number of fused-ring (bicyclic) bond motifs is 1. The first kappa shape index (κ1) is 32.8. The third-order valence-electron chi connectivity index (χ3n) is 9.18. The molecule has 0 spiro atoms. The smallest absolute Gasteiger partial charge is 0.271 e. The number of carbonyl (C=O) groups excluding carboxylic acids is 1. The number of hydrogen-bond donors (Lipinski definition) is 0. The van der Waals surface area contributed by atoms with Crippen LogP contribution < -0.4 is 19.6 Å². The molecule has 1 atom stereocenters. The average molecular weight is 679 g/mol. The fraction of sp³-hybridized carbons (Fsp3) is 0.167. The van der Waals surface area contributed by atoms with Crippen LogP contribution >= 0.6 is 11.3 Å². The van der Waals surface area contributed by atoms with E-state index in [1.54, 1.807) is 16.6 Å². The number of carbonyl (C=O) groups is 1. The fourth-order valence-corrected chi connectivity index (χ4v) is 7.84. The van der Waals surface area contributed by atoms with Crippen LogP contribution in [-0.2, 0) is 4.79 Å². The van der Waals surface area contributed by atoms with Crippen molar-refractivity contribution in [3.8, 4) is 34.0 Å². The van der Waals surface area contributed by atoms with Gasteiger partial charge in [-0.1, -0.05) is 108 Å². The minimum absolute atomic E-state index is 0.139. The van der Waals surface area contributed by atoms with E-state index in [1.807, 2.05) is 106 Å². The number of aromatic nitrogens is 2. The molecule has 0 bridgehead atoms. The second-order valence-electron chi connectivity index (χ2n) is 12.0. The Kier molecular flexibility index (Phi) is 9.19. The first-order valence-electron chi connectivity index (χ1n) is 16.8. The fourth-order valence-electron chi connectivity index (χ4n) is 6.80. The van der Waals surface area contributed by atoms with Gasteiger partial charge in [-0.2, -0.15) is 0 Å². The molecule has 0 fully saturated rings. The molecule has 50 heavy (non-hydrogen) atoms. The molecule has 0 unspecified atom stereocenters. The number of thiazole rings is 1. The van der Waals surface area contributed by atoms with Gasteiger partial charge in [0.15, 0.2) is 4.80 Å². The number of amides is 1. The molecule has 250 valence electrons. The lowest BCUT2D eigenvalue weighted by Gasteiger charge is -2.29. The van der Waals surface area contributed by atoms with Crippen molar-refractivity contribution in [1.82, 2.24) is 14.0 Å². The quantitative estimate of drug-likeness (QED) is 0.162. The maximum Gasteiger partial charge on any atom is 0.271 e. The van der Waals surface area contributed by atoms with Crippen molar-refractivity contribution in [3.05, 3.63) is 163 Å². The maximum absolute atomic E-state index is 14.8. The van der Waals surface area contributed by atoms with Crippen LogP contribution in [0.4, 0.5) is 0 Å². The Morgan fingerprint density at radius 2 is 1.46 bits per heavy atom. The monoisotopic (exact) mass is 678 g/mol. The Hall–Kier alpha value is -5.73. The van der Waals surface area contributed by atoms with Gasteiger partial charge >= 0.3 is 0 Å². The summed E-state index contributed by atoms with van der Waals surface area (Å²) in [5, 5.41) is 0. The van der Waals surface area contributed by atoms with Gasteiger partial charge in [0.05, 0.1) is 34.3 Å². The molecule has 4 aromatic carbocycles. The van der Waals surface area contributed by atoms with Crippen LogP contribution in [0, 0.1) is 0 Å². The zero-order valence-electron chi connectivity index (χ0n) is 28.5. The highest BCUT2D eigenvalue weighted by molar-refractivity contribution is 7.07. The molecule has 1 aliphatic heterocycles. The zero-order chi connectivity index (χ0) is 34.8. The molecule has 7 rings (SSSR count). The number of benzene rings is 4. The normalized spacial score (nSPS) is 14.3. The van der Waals surface area contributed by atoms with Gasteiger partial charge in [-0.15, -0.1) is 0 Å². The number of nitrogens with zero attached hydrogens (tertiary/aromatic N) is 4. The minimum atomic E-state index is -0.708. The van der Waals surface area contributed by atoms with Crippen LogP contribution in [0.15, 0.2) is 142 Å². The van der Waals surface area contributed by atoms with Gasteiger partial charge in [0.2, 0.25) is 0 Å². The van der Waals surface area contributed by atoms with Crippen LogP contribution in [0.5, 0.6) is 5.75 Å². The highest BCUT2D eigenvalue weighted by atomic mass is 32.1. The molecule has 1 aliphatic rings. The van der Waals surface area contributed by atoms with Crippen LogP contribution in [0.1, 0.15) is 37.9 Å². The van der Waals surface area contributed by atoms with E-state index < -0.39 is 6.04 Å². The van der Waals surface area contributed by atoms with Gasteiger partial charge in [-0.25, -0.2) is 4.99 Å². The van der Waals surface area contributed by atoms with Crippen molar-refractivity contribution in [2.75, 3.05) is 20.2 Å². The molecule has 2 aromatic heterocycles. The van der Waals surface area contributed by atoms with Gasteiger partial charge in [0, 0.05) is 29.9 Å². The second kappa shape index (κ2) is 14.0. The van der Waals surface area contributed by atoms with E-state index in [2.05, 4.69) is 47.0 Å². The molecule has 1 amide bonds. The molecule has 0 saturated carbocycles. The SMILES string of the molecule is CCN(CC)C(=O)C1=C(C)N=c2s/c(=C/c3cc(-c4ccccc4)n(-c4ccccc4)c3-c3ccccc3)c(=O)n2[C@H]1c1ccccc1OC. The summed E-state index contributed by atoms with van der Waals surface area (Å²) >= 11 is 1.34. The van der Waals surface area contributed by atoms with Crippen molar-refractivity contribution in [1.29, 1.82) is 0 Å². The molecule has 0 radical (unpaired) electrons. The zero-order valence-corrected chi connectivity index (χ0v) is 29.4. The minimum Gasteiger partial charge on any atom is -0.496 e. The number of methoxy groups -OCH3 is 1. The molecule has 8 heteroatoms. The standard InChI is InChI=1S/C42H38N4O3S/c1-5-44(6-2)41(48)37-28(3)43-42-46(39(37)33-24-16-17-25-35(33)49-4)40(47)36(50-42)27-31-26-34(29-18-10-7-11-19-29)45(32-22-14-9-15-23-32)38(31)30-20-12-8-13-21-30/h7-27,39H,5-6H2,1-4H3/b36-27+/t39-/m0/s1. The van der Waals surface area contributed by atoms with Gasteiger partial charge < -0.3 is 14.2 Å². The number of allylic oxidation sites excluding steroid dienone is 1. The van der Waals surface area contributed by atoms with E-state index in [4.69, 9.17) is 9.73 Å². The van der Waals surface area contributed by atoms with E-state index in [1.165, 1.54) is 11.3 Å². The largest absolute Gasteiger partial charge is 0.496 e. The van der Waals surface area contributed by atoms with E-state index in [9.17, 15) is 9.59 Å². The summed E-state index contributed by atoms with van der Waals surface area (Å²) in [5.74, 6) is 0.464. The highest BCUT2D eigenvalue weighted by Crippen LogP contribution is 2.38. The third kappa shape index (κ3) is 5.81. The van der Waals surface area contributed by atoms with Crippen molar-refractivity contribution in [2.45, 2.75) is 26.8 Å². The van der Waals surface area contributed by atoms with Gasteiger partial charge in [0.1, 0.15) is 11.8 Å². The second-order valence-corrected chi connectivity index (χ2v) is 13.0. The van der Waals surface area contributed by atoms with Crippen LogP contribution in [0.3, 0.4) is 0 Å². The van der Waals surface area contributed by atoms with Gasteiger partial charge in [-0.3, -0.25) is 14.2 Å². The Balaban J connectivity index is 1.51. The summed E-state index contributed by atoms with van der Waals surface area (Å²) in [4.78, 5) is 36.1. The Bertz CT molecular complexity index is 2390. The highest BCUT2D eigenvalue weighted by Gasteiger charge is 2.35. The van der Waals surface area contributed by atoms with E-state index >= 15 is 0 Å².